The monoisotopic (exact) mass is 354 g/mol. The smallest absolute Gasteiger partial charge is 0.288 e. The topological polar surface area (TPSA) is 17.8 Å². The number of halogens is 1. The molecule has 0 aliphatic heterocycles. The molecule has 27 heavy (non-hydrogen) atoms. The van der Waals surface area contributed by atoms with E-state index in [9.17, 15) is 0 Å². The first-order valence-electron chi connectivity index (χ1n) is 8.81. The Labute approximate surface area is 158 Å². The molecule has 0 aliphatic rings. The summed E-state index contributed by atoms with van der Waals surface area (Å²) in [5, 5.41) is 0. The van der Waals surface area contributed by atoms with Crippen molar-refractivity contribution in [3.8, 4) is 0 Å². The van der Waals surface area contributed by atoms with Gasteiger partial charge in [-0.3, -0.25) is 4.57 Å². The zero-order chi connectivity index (χ0) is 18.7. The molecular formula is C24H19FN2. The van der Waals surface area contributed by atoms with E-state index >= 15 is 4.39 Å². The fourth-order valence-electron chi connectivity index (χ4n) is 3.66. The maximum Gasteiger partial charge on any atom is 0.291 e. The SMILES string of the molecule is C=Cc1cn(C(c2ccccc2)(c2ccccc2)c2ccccc2)c(F)n1. The summed E-state index contributed by atoms with van der Waals surface area (Å²) in [6.45, 7) is 3.74. The van der Waals surface area contributed by atoms with E-state index in [4.69, 9.17) is 0 Å². The molecule has 0 amide bonds. The average molecular weight is 354 g/mol. The molecular weight excluding hydrogens is 335 g/mol. The van der Waals surface area contributed by atoms with Crippen LogP contribution in [0.5, 0.6) is 0 Å². The maximum atomic E-state index is 15.2. The first kappa shape index (κ1) is 17.0. The first-order chi connectivity index (χ1) is 13.3. The maximum absolute atomic E-state index is 15.2. The molecule has 0 fully saturated rings. The summed E-state index contributed by atoms with van der Waals surface area (Å²) in [6.07, 6.45) is 2.72. The lowest BCUT2D eigenvalue weighted by Gasteiger charge is -2.37. The molecule has 0 atom stereocenters. The highest BCUT2D eigenvalue weighted by Crippen LogP contribution is 2.41. The van der Waals surface area contributed by atoms with Crippen molar-refractivity contribution in [3.05, 3.63) is 132 Å². The predicted octanol–water partition coefficient (Wildman–Crippen LogP) is 5.51. The average Bonchev–Trinajstić information content (AvgIpc) is 3.12. The Morgan fingerprint density at radius 1 is 0.741 bits per heavy atom. The van der Waals surface area contributed by atoms with E-state index in [0.717, 1.165) is 16.7 Å². The molecule has 4 aromatic rings. The van der Waals surface area contributed by atoms with Crippen molar-refractivity contribution in [1.29, 1.82) is 0 Å². The van der Waals surface area contributed by atoms with Crippen LogP contribution in [-0.2, 0) is 5.54 Å². The van der Waals surface area contributed by atoms with Crippen LogP contribution < -0.4 is 0 Å². The highest BCUT2D eigenvalue weighted by molar-refractivity contribution is 5.52. The fourth-order valence-corrected chi connectivity index (χ4v) is 3.66. The van der Waals surface area contributed by atoms with E-state index in [2.05, 4.69) is 11.6 Å². The minimum atomic E-state index is -0.887. The third-order valence-corrected chi connectivity index (χ3v) is 4.83. The number of benzene rings is 3. The second kappa shape index (κ2) is 7.04. The molecule has 4 rings (SSSR count). The molecule has 0 aliphatic carbocycles. The van der Waals surface area contributed by atoms with E-state index in [-0.39, 0.29) is 0 Å². The number of rotatable bonds is 5. The standard InChI is InChI=1S/C24H19FN2/c1-2-22-18-27(23(25)26-22)24(19-12-6-3-7-13-19,20-14-8-4-9-15-20)21-16-10-5-11-17-21/h2-18H,1H2. The zero-order valence-electron chi connectivity index (χ0n) is 14.8. The van der Waals surface area contributed by atoms with Gasteiger partial charge in [0, 0.05) is 6.20 Å². The van der Waals surface area contributed by atoms with Crippen molar-refractivity contribution in [2.75, 3.05) is 0 Å². The van der Waals surface area contributed by atoms with Gasteiger partial charge in [0.15, 0.2) is 0 Å². The van der Waals surface area contributed by atoms with Crippen LogP contribution in [0.4, 0.5) is 4.39 Å². The van der Waals surface area contributed by atoms with Crippen LogP contribution in [0.15, 0.2) is 104 Å². The molecule has 1 heterocycles. The van der Waals surface area contributed by atoms with Crippen molar-refractivity contribution >= 4 is 6.08 Å². The van der Waals surface area contributed by atoms with Crippen molar-refractivity contribution in [3.63, 3.8) is 0 Å². The van der Waals surface area contributed by atoms with Gasteiger partial charge in [-0.2, -0.15) is 4.39 Å². The molecule has 2 nitrogen and oxygen atoms in total. The van der Waals surface area contributed by atoms with Gasteiger partial charge in [0.05, 0.1) is 5.69 Å². The molecule has 0 radical (unpaired) electrons. The summed E-state index contributed by atoms with van der Waals surface area (Å²) >= 11 is 0. The second-order valence-corrected chi connectivity index (χ2v) is 6.32. The second-order valence-electron chi connectivity index (χ2n) is 6.32. The Morgan fingerprint density at radius 2 is 1.15 bits per heavy atom. The molecule has 0 spiro atoms. The number of hydrogen-bond donors (Lipinski definition) is 0. The van der Waals surface area contributed by atoms with Crippen molar-refractivity contribution in [1.82, 2.24) is 9.55 Å². The minimum Gasteiger partial charge on any atom is -0.288 e. The molecule has 132 valence electrons. The van der Waals surface area contributed by atoms with Gasteiger partial charge in [0.1, 0.15) is 5.54 Å². The molecule has 0 saturated heterocycles. The lowest BCUT2D eigenvalue weighted by Crippen LogP contribution is -2.38. The van der Waals surface area contributed by atoms with E-state index < -0.39 is 11.6 Å². The first-order valence-corrected chi connectivity index (χ1v) is 8.81. The van der Waals surface area contributed by atoms with Crippen LogP contribution in [0.1, 0.15) is 22.4 Å². The van der Waals surface area contributed by atoms with Gasteiger partial charge in [-0.05, 0) is 22.8 Å². The van der Waals surface area contributed by atoms with E-state index in [1.54, 1.807) is 16.8 Å². The number of hydrogen-bond acceptors (Lipinski definition) is 1. The Morgan fingerprint density at radius 3 is 1.48 bits per heavy atom. The lowest BCUT2D eigenvalue weighted by molar-refractivity contribution is 0.397. The Bertz CT molecular complexity index is 941. The number of nitrogens with zero attached hydrogens (tertiary/aromatic N) is 2. The highest BCUT2D eigenvalue weighted by Gasteiger charge is 2.40. The summed E-state index contributed by atoms with van der Waals surface area (Å²) in [4.78, 5) is 4.05. The molecule has 3 heteroatoms. The van der Waals surface area contributed by atoms with Gasteiger partial charge in [-0.15, -0.1) is 0 Å². The third kappa shape index (κ3) is 2.77. The van der Waals surface area contributed by atoms with Crippen LogP contribution in [0, 0.1) is 6.08 Å². The number of aromatic nitrogens is 2. The Balaban J connectivity index is 2.16. The van der Waals surface area contributed by atoms with Crippen LogP contribution in [0.2, 0.25) is 0 Å². The summed E-state index contributed by atoms with van der Waals surface area (Å²) < 4.78 is 16.8. The van der Waals surface area contributed by atoms with Gasteiger partial charge < -0.3 is 0 Å². The Hall–Kier alpha value is -3.46. The predicted molar refractivity (Wildman–Crippen MR) is 107 cm³/mol. The van der Waals surface area contributed by atoms with Crippen molar-refractivity contribution in [2.24, 2.45) is 0 Å². The van der Waals surface area contributed by atoms with Gasteiger partial charge in [-0.1, -0.05) is 97.6 Å². The number of imidazole rings is 1. The van der Waals surface area contributed by atoms with E-state index in [1.165, 1.54) is 0 Å². The summed E-state index contributed by atoms with van der Waals surface area (Å²) in [5.74, 6) is 0. The fraction of sp³-hybridized carbons (Fsp3) is 0.0417. The molecule has 3 aromatic carbocycles. The summed E-state index contributed by atoms with van der Waals surface area (Å²) in [7, 11) is 0. The van der Waals surface area contributed by atoms with Gasteiger partial charge >= 0.3 is 0 Å². The summed E-state index contributed by atoms with van der Waals surface area (Å²) in [6, 6.07) is 29.8. The van der Waals surface area contributed by atoms with Crippen molar-refractivity contribution in [2.45, 2.75) is 5.54 Å². The van der Waals surface area contributed by atoms with Gasteiger partial charge in [0.25, 0.3) is 6.08 Å². The van der Waals surface area contributed by atoms with Crippen LogP contribution in [0.3, 0.4) is 0 Å². The van der Waals surface area contributed by atoms with Crippen LogP contribution >= 0.6 is 0 Å². The summed E-state index contributed by atoms with van der Waals surface area (Å²) in [5.41, 5.74) is 2.47. The largest absolute Gasteiger partial charge is 0.291 e. The molecule has 0 N–H and O–H groups in total. The van der Waals surface area contributed by atoms with Crippen LogP contribution in [-0.4, -0.2) is 9.55 Å². The molecule has 0 saturated carbocycles. The zero-order valence-corrected chi connectivity index (χ0v) is 14.8. The third-order valence-electron chi connectivity index (χ3n) is 4.83. The molecule has 0 unspecified atom stereocenters. The van der Waals surface area contributed by atoms with Gasteiger partial charge in [0.2, 0.25) is 0 Å². The van der Waals surface area contributed by atoms with Gasteiger partial charge in [-0.25, -0.2) is 4.98 Å². The van der Waals surface area contributed by atoms with Crippen molar-refractivity contribution < 1.29 is 4.39 Å². The quantitative estimate of drug-likeness (QED) is 0.432. The molecule has 0 bridgehead atoms. The highest BCUT2D eigenvalue weighted by atomic mass is 19.1. The minimum absolute atomic E-state index is 0.500. The molecule has 1 aromatic heterocycles. The Kier molecular flexibility index (Phi) is 4.43. The lowest BCUT2D eigenvalue weighted by atomic mass is 9.76. The van der Waals surface area contributed by atoms with E-state index in [0.29, 0.717) is 5.69 Å². The van der Waals surface area contributed by atoms with Crippen LogP contribution in [0.25, 0.3) is 6.08 Å². The normalized spacial score (nSPS) is 11.3. The van der Waals surface area contributed by atoms with E-state index in [1.807, 2.05) is 91.0 Å².